The Morgan fingerprint density at radius 2 is 2.03 bits per heavy atom. The zero-order valence-corrected chi connectivity index (χ0v) is 18.6. The average Bonchev–Trinajstić information content (AvgIpc) is 3.44. The van der Waals surface area contributed by atoms with Crippen LogP contribution in [0.1, 0.15) is 30.8 Å². The summed E-state index contributed by atoms with van der Waals surface area (Å²) < 4.78 is 12.7. The molecule has 33 heavy (non-hydrogen) atoms. The molecule has 3 N–H and O–H groups in total. The first-order valence-electron chi connectivity index (χ1n) is 10.5. The van der Waals surface area contributed by atoms with Crippen molar-refractivity contribution in [1.82, 2.24) is 14.8 Å². The number of allylic oxidation sites excluding steroid dienone is 1. The van der Waals surface area contributed by atoms with Crippen molar-refractivity contribution in [2.24, 2.45) is 0 Å². The fraction of sp³-hybridized carbons (Fsp3) is 0.261. The molecule has 2 aromatic carbocycles. The molecule has 0 bridgehead atoms. The molecular formula is C23H22ClN5O4. The van der Waals surface area contributed by atoms with Gasteiger partial charge in [-0.2, -0.15) is 10.1 Å². The number of hydrogen-bond acceptors (Lipinski definition) is 7. The molecule has 2 aliphatic rings. The molecular weight excluding hydrogens is 446 g/mol. The average molecular weight is 468 g/mol. The van der Waals surface area contributed by atoms with Crippen molar-refractivity contribution in [2.75, 3.05) is 24.0 Å². The van der Waals surface area contributed by atoms with E-state index in [1.807, 2.05) is 25.1 Å². The van der Waals surface area contributed by atoms with Crippen LogP contribution in [0.2, 0.25) is 5.02 Å². The first kappa shape index (κ1) is 21.3. The summed E-state index contributed by atoms with van der Waals surface area (Å²) in [6.07, 6.45) is 1.08. The number of aryl methyl sites for hydroxylation is 1. The van der Waals surface area contributed by atoms with Gasteiger partial charge in [-0.05, 0) is 55.3 Å². The number of aromatic nitrogens is 3. The molecule has 3 aromatic rings. The highest BCUT2D eigenvalue weighted by atomic mass is 35.5. The van der Waals surface area contributed by atoms with Gasteiger partial charge in [-0.3, -0.25) is 4.79 Å². The predicted octanol–water partition coefficient (Wildman–Crippen LogP) is 3.51. The zero-order valence-electron chi connectivity index (χ0n) is 17.8. The van der Waals surface area contributed by atoms with Crippen LogP contribution in [-0.2, 0) is 11.2 Å². The normalized spacial score (nSPS) is 16.4. The topological polar surface area (TPSA) is 111 Å². The van der Waals surface area contributed by atoms with Gasteiger partial charge in [0.25, 0.3) is 5.91 Å². The number of nitrogens with one attached hydrogen (secondary N) is 2. The third kappa shape index (κ3) is 4.12. The fourth-order valence-corrected chi connectivity index (χ4v) is 4.08. The lowest BCUT2D eigenvalue weighted by atomic mass is 9.94. The largest absolute Gasteiger partial charge is 0.454 e. The van der Waals surface area contributed by atoms with Crippen LogP contribution >= 0.6 is 11.6 Å². The molecule has 170 valence electrons. The van der Waals surface area contributed by atoms with E-state index in [0.717, 1.165) is 5.56 Å². The number of rotatable bonds is 6. The summed E-state index contributed by atoms with van der Waals surface area (Å²) >= 11 is 5.98. The van der Waals surface area contributed by atoms with E-state index in [2.05, 4.69) is 20.7 Å². The van der Waals surface area contributed by atoms with E-state index in [9.17, 15) is 9.90 Å². The molecule has 0 saturated carbocycles. The Morgan fingerprint density at radius 1 is 1.24 bits per heavy atom. The summed E-state index contributed by atoms with van der Waals surface area (Å²) in [6.45, 7) is 2.04. The van der Waals surface area contributed by atoms with Gasteiger partial charge in [0.05, 0.1) is 5.57 Å². The third-order valence-electron chi connectivity index (χ3n) is 5.51. The number of anilines is 2. The molecule has 2 aliphatic heterocycles. The number of carbonyl (C=O) groups excluding carboxylic acids is 1. The van der Waals surface area contributed by atoms with E-state index in [1.54, 1.807) is 28.9 Å². The molecule has 0 saturated heterocycles. The molecule has 3 heterocycles. The van der Waals surface area contributed by atoms with Crippen molar-refractivity contribution >= 4 is 29.1 Å². The van der Waals surface area contributed by atoms with Crippen molar-refractivity contribution in [3.8, 4) is 11.5 Å². The van der Waals surface area contributed by atoms with Gasteiger partial charge in [-0.1, -0.05) is 17.7 Å². The van der Waals surface area contributed by atoms with Gasteiger partial charge in [-0.15, -0.1) is 0 Å². The SMILES string of the molecule is CC1=C(C(=O)Nc2ccc(Cl)cc2)[C@H](c2ccc3c(c2)OCO3)n2nc(CCCO)nc2N1. The third-order valence-corrected chi connectivity index (χ3v) is 5.77. The van der Waals surface area contributed by atoms with Crippen LogP contribution < -0.4 is 20.1 Å². The van der Waals surface area contributed by atoms with Gasteiger partial charge < -0.3 is 25.2 Å². The molecule has 10 heteroatoms. The summed E-state index contributed by atoms with van der Waals surface area (Å²) in [5.41, 5.74) is 2.59. The quantitative estimate of drug-likeness (QED) is 0.508. The Kier molecular flexibility index (Phi) is 5.65. The van der Waals surface area contributed by atoms with Gasteiger partial charge in [0, 0.05) is 29.4 Å². The van der Waals surface area contributed by atoms with Gasteiger partial charge in [0.1, 0.15) is 6.04 Å². The van der Waals surface area contributed by atoms with Crippen LogP contribution in [0.4, 0.5) is 11.6 Å². The number of ether oxygens (including phenoxy) is 2. The number of nitrogens with zero attached hydrogens (tertiary/aromatic N) is 3. The summed E-state index contributed by atoms with van der Waals surface area (Å²) in [5.74, 6) is 2.12. The minimum Gasteiger partial charge on any atom is -0.454 e. The van der Waals surface area contributed by atoms with E-state index in [1.165, 1.54) is 0 Å². The van der Waals surface area contributed by atoms with E-state index in [4.69, 9.17) is 21.1 Å². The number of aliphatic hydroxyl groups is 1. The summed E-state index contributed by atoms with van der Waals surface area (Å²) in [6, 6.07) is 12.0. The van der Waals surface area contributed by atoms with Crippen LogP contribution in [0.15, 0.2) is 53.7 Å². The first-order valence-corrected chi connectivity index (χ1v) is 10.9. The first-order chi connectivity index (χ1) is 16.0. The van der Waals surface area contributed by atoms with Crippen molar-refractivity contribution < 1.29 is 19.4 Å². The zero-order chi connectivity index (χ0) is 22.9. The van der Waals surface area contributed by atoms with E-state index >= 15 is 0 Å². The summed E-state index contributed by atoms with van der Waals surface area (Å²) in [5, 5.41) is 20.6. The number of fused-ring (bicyclic) bond motifs is 2. The summed E-state index contributed by atoms with van der Waals surface area (Å²) in [7, 11) is 0. The number of carbonyl (C=O) groups is 1. The molecule has 0 aliphatic carbocycles. The van der Waals surface area contributed by atoms with Crippen molar-refractivity contribution in [3.05, 3.63) is 70.1 Å². The fourth-order valence-electron chi connectivity index (χ4n) is 3.96. The van der Waals surface area contributed by atoms with Crippen molar-refractivity contribution in [1.29, 1.82) is 0 Å². The minimum absolute atomic E-state index is 0.0505. The van der Waals surface area contributed by atoms with E-state index in [0.29, 0.717) is 58.1 Å². The van der Waals surface area contributed by atoms with Crippen LogP contribution in [0.5, 0.6) is 11.5 Å². The standard InChI is InChI=1S/C23H22ClN5O4/c1-13-20(22(31)26-16-7-5-15(24)6-8-16)21(14-4-9-17-18(11-14)33-12-32-17)29-23(25-13)27-19(28-29)3-2-10-30/h4-9,11,21,30H,2-3,10,12H2,1H3,(H,26,31)(H,25,27,28)/t21-/m0/s1. The van der Waals surface area contributed by atoms with Gasteiger partial charge >= 0.3 is 0 Å². The van der Waals surface area contributed by atoms with Crippen LogP contribution in [0.25, 0.3) is 0 Å². The smallest absolute Gasteiger partial charge is 0.255 e. The number of benzene rings is 2. The second-order valence-electron chi connectivity index (χ2n) is 7.76. The Balaban J connectivity index is 1.56. The molecule has 0 unspecified atom stereocenters. The molecule has 0 spiro atoms. The molecule has 0 radical (unpaired) electrons. The van der Waals surface area contributed by atoms with Gasteiger partial charge in [-0.25, -0.2) is 4.68 Å². The second kappa shape index (κ2) is 8.76. The number of halogens is 1. The molecule has 1 amide bonds. The molecule has 1 atom stereocenters. The number of hydrogen-bond donors (Lipinski definition) is 3. The maximum Gasteiger partial charge on any atom is 0.255 e. The molecule has 9 nitrogen and oxygen atoms in total. The maximum absolute atomic E-state index is 13.5. The highest BCUT2D eigenvalue weighted by Gasteiger charge is 2.35. The highest BCUT2D eigenvalue weighted by Crippen LogP contribution is 2.40. The van der Waals surface area contributed by atoms with Crippen molar-refractivity contribution in [3.63, 3.8) is 0 Å². The second-order valence-corrected chi connectivity index (χ2v) is 8.20. The van der Waals surface area contributed by atoms with E-state index < -0.39 is 6.04 Å². The Hall–Kier alpha value is -3.56. The number of aliphatic hydroxyl groups excluding tert-OH is 1. The lowest BCUT2D eigenvalue weighted by Crippen LogP contribution is -2.31. The minimum atomic E-state index is -0.543. The summed E-state index contributed by atoms with van der Waals surface area (Å²) in [4.78, 5) is 18.0. The molecule has 5 rings (SSSR count). The van der Waals surface area contributed by atoms with Crippen LogP contribution in [0.3, 0.4) is 0 Å². The number of amides is 1. The van der Waals surface area contributed by atoms with Gasteiger partial charge in [0.2, 0.25) is 12.7 Å². The van der Waals surface area contributed by atoms with Crippen LogP contribution in [0, 0.1) is 0 Å². The predicted molar refractivity (Wildman–Crippen MR) is 123 cm³/mol. The molecule has 0 fully saturated rings. The van der Waals surface area contributed by atoms with E-state index in [-0.39, 0.29) is 19.3 Å². The Bertz CT molecular complexity index is 1240. The monoisotopic (exact) mass is 467 g/mol. The van der Waals surface area contributed by atoms with Crippen molar-refractivity contribution in [2.45, 2.75) is 25.8 Å². The lowest BCUT2D eigenvalue weighted by molar-refractivity contribution is -0.113. The van der Waals surface area contributed by atoms with Crippen LogP contribution in [-0.4, -0.2) is 39.2 Å². The highest BCUT2D eigenvalue weighted by molar-refractivity contribution is 6.30. The van der Waals surface area contributed by atoms with Gasteiger partial charge in [0.15, 0.2) is 17.3 Å². The lowest BCUT2D eigenvalue weighted by Gasteiger charge is -2.28. The molecule has 1 aromatic heterocycles. The Morgan fingerprint density at radius 3 is 2.82 bits per heavy atom. The maximum atomic E-state index is 13.5. The Labute approximate surface area is 195 Å².